The SMILES string of the molecule is COc1ccc(CC[C@H](C)NCCC2=CCCCC2)cc1. The minimum absolute atomic E-state index is 0.580. The molecule has 2 rings (SSSR count). The van der Waals surface area contributed by atoms with E-state index in [4.69, 9.17) is 4.74 Å². The number of nitrogens with one attached hydrogen (secondary N) is 1. The van der Waals surface area contributed by atoms with Gasteiger partial charge in [-0.05, 0) is 76.1 Å². The number of aryl methyl sites for hydroxylation is 1. The third kappa shape index (κ3) is 5.92. The van der Waals surface area contributed by atoms with Crippen LogP contribution in [0.25, 0.3) is 0 Å². The van der Waals surface area contributed by atoms with Crippen molar-refractivity contribution in [3.05, 3.63) is 41.5 Å². The lowest BCUT2D eigenvalue weighted by atomic mass is 9.97. The molecule has 0 amide bonds. The Labute approximate surface area is 129 Å². The van der Waals surface area contributed by atoms with Gasteiger partial charge in [0.05, 0.1) is 7.11 Å². The van der Waals surface area contributed by atoms with Crippen LogP contribution < -0.4 is 10.1 Å². The van der Waals surface area contributed by atoms with Crippen molar-refractivity contribution >= 4 is 0 Å². The molecule has 116 valence electrons. The molecule has 0 unspecified atom stereocenters. The summed E-state index contributed by atoms with van der Waals surface area (Å²) in [4.78, 5) is 0. The number of hydrogen-bond acceptors (Lipinski definition) is 2. The summed E-state index contributed by atoms with van der Waals surface area (Å²) in [6.45, 7) is 3.41. The van der Waals surface area contributed by atoms with Crippen molar-refractivity contribution < 1.29 is 4.74 Å². The van der Waals surface area contributed by atoms with E-state index in [1.54, 1.807) is 12.7 Å². The first-order chi connectivity index (χ1) is 10.3. The monoisotopic (exact) mass is 287 g/mol. The average Bonchev–Trinajstić information content (AvgIpc) is 2.54. The standard InChI is InChI=1S/C19H29NO/c1-16(20-15-14-17-6-4-3-5-7-17)8-9-18-10-12-19(21-2)13-11-18/h6,10-13,16,20H,3-5,7-9,14-15H2,1-2H3/t16-/m0/s1. The fourth-order valence-corrected chi connectivity index (χ4v) is 2.89. The van der Waals surface area contributed by atoms with Crippen LogP contribution >= 0.6 is 0 Å². The van der Waals surface area contributed by atoms with Crippen molar-refractivity contribution in [2.24, 2.45) is 0 Å². The van der Waals surface area contributed by atoms with E-state index < -0.39 is 0 Å². The second-order valence-electron chi connectivity index (χ2n) is 6.10. The van der Waals surface area contributed by atoms with E-state index in [0.29, 0.717) is 6.04 Å². The fourth-order valence-electron chi connectivity index (χ4n) is 2.89. The largest absolute Gasteiger partial charge is 0.497 e. The highest BCUT2D eigenvalue weighted by atomic mass is 16.5. The molecule has 0 spiro atoms. The van der Waals surface area contributed by atoms with Gasteiger partial charge in [-0.1, -0.05) is 23.8 Å². The van der Waals surface area contributed by atoms with Gasteiger partial charge < -0.3 is 10.1 Å². The molecule has 1 aromatic carbocycles. The van der Waals surface area contributed by atoms with Gasteiger partial charge >= 0.3 is 0 Å². The Balaban J connectivity index is 1.62. The van der Waals surface area contributed by atoms with Crippen LogP contribution in [-0.4, -0.2) is 19.7 Å². The molecule has 2 heteroatoms. The first kappa shape index (κ1) is 16.1. The molecule has 1 atom stereocenters. The van der Waals surface area contributed by atoms with Gasteiger partial charge in [0.15, 0.2) is 0 Å². The van der Waals surface area contributed by atoms with Gasteiger partial charge in [0, 0.05) is 6.04 Å². The molecule has 21 heavy (non-hydrogen) atoms. The number of methoxy groups -OCH3 is 1. The summed E-state index contributed by atoms with van der Waals surface area (Å²) in [7, 11) is 1.71. The number of rotatable bonds is 8. The van der Waals surface area contributed by atoms with Crippen LogP contribution in [0.2, 0.25) is 0 Å². The highest BCUT2D eigenvalue weighted by Crippen LogP contribution is 2.19. The summed E-state index contributed by atoms with van der Waals surface area (Å²) in [5.74, 6) is 0.936. The van der Waals surface area contributed by atoms with Crippen molar-refractivity contribution in [3.63, 3.8) is 0 Å². The summed E-state index contributed by atoms with van der Waals surface area (Å²) < 4.78 is 5.19. The van der Waals surface area contributed by atoms with Crippen molar-refractivity contribution in [1.29, 1.82) is 0 Å². The van der Waals surface area contributed by atoms with Gasteiger partial charge in [-0.3, -0.25) is 0 Å². The summed E-state index contributed by atoms with van der Waals surface area (Å²) in [6, 6.07) is 9.00. The van der Waals surface area contributed by atoms with Gasteiger partial charge in [0.2, 0.25) is 0 Å². The maximum absolute atomic E-state index is 5.19. The molecular weight excluding hydrogens is 258 g/mol. The molecule has 0 bridgehead atoms. The summed E-state index contributed by atoms with van der Waals surface area (Å²) in [5.41, 5.74) is 3.05. The van der Waals surface area contributed by atoms with Crippen LogP contribution in [0, 0.1) is 0 Å². The Morgan fingerprint density at radius 1 is 1.14 bits per heavy atom. The number of benzene rings is 1. The lowest BCUT2D eigenvalue weighted by Gasteiger charge is -2.16. The molecule has 0 fully saturated rings. The lowest BCUT2D eigenvalue weighted by Crippen LogP contribution is -2.27. The van der Waals surface area contributed by atoms with Crippen LogP contribution in [0.5, 0.6) is 5.75 Å². The molecule has 1 aliphatic carbocycles. The van der Waals surface area contributed by atoms with Gasteiger partial charge in [-0.25, -0.2) is 0 Å². The van der Waals surface area contributed by atoms with Gasteiger partial charge in [0.1, 0.15) is 5.75 Å². The molecule has 1 aliphatic rings. The van der Waals surface area contributed by atoms with E-state index in [1.165, 1.54) is 44.1 Å². The zero-order valence-corrected chi connectivity index (χ0v) is 13.5. The molecule has 0 aromatic heterocycles. The predicted molar refractivity (Wildman–Crippen MR) is 89.9 cm³/mol. The minimum Gasteiger partial charge on any atom is -0.497 e. The summed E-state index contributed by atoms with van der Waals surface area (Å²) >= 11 is 0. The zero-order valence-electron chi connectivity index (χ0n) is 13.5. The van der Waals surface area contributed by atoms with E-state index in [2.05, 4.69) is 30.4 Å². The van der Waals surface area contributed by atoms with Crippen molar-refractivity contribution in [3.8, 4) is 5.75 Å². The topological polar surface area (TPSA) is 21.3 Å². The van der Waals surface area contributed by atoms with Gasteiger partial charge in [0.25, 0.3) is 0 Å². The molecule has 1 aromatic rings. The third-order valence-electron chi connectivity index (χ3n) is 4.35. The molecule has 2 nitrogen and oxygen atoms in total. The van der Waals surface area contributed by atoms with E-state index in [9.17, 15) is 0 Å². The molecule has 0 saturated heterocycles. The predicted octanol–water partition coefficient (Wildman–Crippen LogP) is 4.50. The molecule has 0 radical (unpaired) electrons. The highest BCUT2D eigenvalue weighted by Gasteiger charge is 2.05. The Morgan fingerprint density at radius 2 is 1.95 bits per heavy atom. The normalized spacial score (nSPS) is 16.4. The van der Waals surface area contributed by atoms with E-state index in [0.717, 1.165) is 18.7 Å². The van der Waals surface area contributed by atoms with E-state index in [1.807, 2.05) is 12.1 Å². The lowest BCUT2D eigenvalue weighted by molar-refractivity contribution is 0.414. The third-order valence-corrected chi connectivity index (χ3v) is 4.35. The van der Waals surface area contributed by atoms with E-state index >= 15 is 0 Å². The van der Waals surface area contributed by atoms with Gasteiger partial charge in [-0.2, -0.15) is 0 Å². The molecule has 0 aliphatic heterocycles. The number of ether oxygens (including phenoxy) is 1. The Kier molecular flexibility index (Phi) is 6.81. The van der Waals surface area contributed by atoms with Crippen LogP contribution in [0.3, 0.4) is 0 Å². The minimum atomic E-state index is 0.580. The van der Waals surface area contributed by atoms with Crippen LogP contribution in [-0.2, 0) is 6.42 Å². The highest BCUT2D eigenvalue weighted by molar-refractivity contribution is 5.27. The van der Waals surface area contributed by atoms with Crippen molar-refractivity contribution in [2.75, 3.05) is 13.7 Å². The number of hydrogen-bond donors (Lipinski definition) is 1. The average molecular weight is 287 g/mol. The second-order valence-corrected chi connectivity index (χ2v) is 6.10. The molecule has 1 N–H and O–H groups in total. The fraction of sp³-hybridized carbons (Fsp3) is 0.579. The first-order valence-corrected chi connectivity index (χ1v) is 8.32. The van der Waals surface area contributed by atoms with Crippen molar-refractivity contribution in [2.45, 2.75) is 57.9 Å². The molecule has 0 saturated carbocycles. The Morgan fingerprint density at radius 3 is 2.62 bits per heavy atom. The second kappa shape index (κ2) is 8.89. The summed E-state index contributed by atoms with van der Waals surface area (Å²) in [5, 5.41) is 3.66. The quantitative estimate of drug-likeness (QED) is 0.711. The smallest absolute Gasteiger partial charge is 0.118 e. The first-order valence-electron chi connectivity index (χ1n) is 8.32. The van der Waals surface area contributed by atoms with Crippen LogP contribution in [0.1, 0.15) is 51.0 Å². The Hall–Kier alpha value is -1.28. The summed E-state index contributed by atoms with van der Waals surface area (Å²) in [6.07, 6.45) is 11.4. The maximum Gasteiger partial charge on any atom is 0.118 e. The molecular formula is C19H29NO. The maximum atomic E-state index is 5.19. The van der Waals surface area contributed by atoms with Crippen LogP contribution in [0.4, 0.5) is 0 Å². The number of allylic oxidation sites excluding steroid dienone is 1. The van der Waals surface area contributed by atoms with Crippen LogP contribution in [0.15, 0.2) is 35.9 Å². The Bertz CT molecular complexity index is 435. The van der Waals surface area contributed by atoms with E-state index in [-0.39, 0.29) is 0 Å². The molecule has 0 heterocycles. The van der Waals surface area contributed by atoms with Gasteiger partial charge in [-0.15, -0.1) is 0 Å². The van der Waals surface area contributed by atoms with Crippen molar-refractivity contribution in [1.82, 2.24) is 5.32 Å². The zero-order chi connectivity index (χ0) is 14.9.